The number of carbonyl (C=O) groups is 3. The fourth-order valence-electron chi connectivity index (χ4n) is 3.36. The first-order chi connectivity index (χ1) is 15.0. The van der Waals surface area contributed by atoms with Crippen LogP contribution in [0.1, 0.15) is 24.2 Å². The van der Waals surface area contributed by atoms with E-state index in [1.54, 1.807) is 42.5 Å². The van der Waals surface area contributed by atoms with Crippen LogP contribution in [0.15, 0.2) is 53.2 Å². The first kappa shape index (κ1) is 22.1. The molecule has 31 heavy (non-hydrogen) atoms. The van der Waals surface area contributed by atoms with Crippen LogP contribution >= 0.6 is 0 Å². The highest BCUT2D eigenvalue weighted by atomic mass is 16.5. The third-order valence-corrected chi connectivity index (χ3v) is 5.20. The normalized spacial score (nSPS) is 14.4. The van der Waals surface area contributed by atoms with Crippen LogP contribution in [0, 0.1) is 5.92 Å². The van der Waals surface area contributed by atoms with Crippen molar-refractivity contribution in [1.82, 2.24) is 15.5 Å². The Kier molecular flexibility index (Phi) is 7.86. The van der Waals surface area contributed by atoms with Gasteiger partial charge >= 0.3 is 11.8 Å². The molecule has 1 aliphatic rings. The van der Waals surface area contributed by atoms with Gasteiger partial charge in [-0.05, 0) is 54.7 Å². The number of hydrogen-bond donors (Lipinski definition) is 2. The molecule has 2 N–H and O–H groups in total. The second kappa shape index (κ2) is 11.0. The van der Waals surface area contributed by atoms with E-state index in [-0.39, 0.29) is 18.4 Å². The van der Waals surface area contributed by atoms with Crippen LogP contribution in [0.5, 0.6) is 5.75 Å². The Bertz CT molecular complexity index is 915. The van der Waals surface area contributed by atoms with Crippen molar-refractivity contribution >= 4 is 23.8 Å². The van der Waals surface area contributed by atoms with Crippen LogP contribution in [0.4, 0.5) is 0 Å². The highest BCUT2D eigenvalue weighted by Crippen LogP contribution is 2.17. The van der Waals surface area contributed by atoms with Gasteiger partial charge in [0, 0.05) is 32.3 Å². The van der Waals surface area contributed by atoms with E-state index in [9.17, 15) is 14.4 Å². The molecular weight excluding hydrogens is 398 g/mol. The van der Waals surface area contributed by atoms with Crippen LogP contribution < -0.4 is 15.4 Å². The zero-order valence-electron chi connectivity index (χ0n) is 17.5. The van der Waals surface area contributed by atoms with Gasteiger partial charge in [0.15, 0.2) is 0 Å². The van der Waals surface area contributed by atoms with E-state index in [0.29, 0.717) is 31.1 Å². The van der Waals surface area contributed by atoms with Gasteiger partial charge in [-0.3, -0.25) is 14.4 Å². The Hall–Kier alpha value is -3.55. The smallest absolute Gasteiger partial charge is 0.309 e. The monoisotopic (exact) mass is 425 g/mol. The molecular formula is C23H27N3O5. The van der Waals surface area contributed by atoms with Gasteiger partial charge in [-0.25, -0.2) is 0 Å². The van der Waals surface area contributed by atoms with Gasteiger partial charge in [0.25, 0.3) is 0 Å². The molecule has 3 amide bonds. The summed E-state index contributed by atoms with van der Waals surface area (Å²) < 4.78 is 10.3. The molecule has 2 aromatic rings. The highest BCUT2D eigenvalue weighted by Gasteiger charge is 2.23. The van der Waals surface area contributed by atoms with Gasteiger partial charge in [0.1, 0.15) is 11.5 Å². The number of nitrogens with zero attached hydrogens (tertiary/aromatic N) is 1. The van der Waals surface area contributed by atoms with Crippen molar-refractivity contribution in [2.75, 3.05) is 26.7 Å². The lowest BCUT2D eigenvalue weighted by Crippen LogP contribution is -2.44. The van der Waals surface area contributed by atoms with Crippen LogP contribution in [0.2, 0.25) is 0 Å². The summed E-state index contributed by atoms with van der Waals surface area (Å²) >= 11 is 0. The molecule has 0 atom stereocenters. The molecule has 1 aromatic carbocycles. The summed E-state index contributed by atoms with van der Waals surface area (Å²) in [6.45, 7) is 1.89. The molecule has 164 valence electrons. The molecule has 3 rings (SSSR count). The molecule has 8 nitrogen and oxygen atoms in total. The highest BCUT2D eigenvalue weighted by molar-refractivity contribution is 6.35. The molecule has 1 aromatic heterocycles. The van der Waals surface area contributed by atoms with E-state index >= 15 is 0 Å². The van der Waals surface area contributed by atoms with Gasteiger partial charge in [0.05, 0.1) is 13.4 Å². The van der Waals surface area contributed by atoms with E-state index in [1.807, 2.05) is 18.2 Å². The minimum atomic E-state index is -0.668. The number of ether oxygens (including phenoxy) is 1. The summed E-state index contributed by atoms with van der Waals surface area (Å²) in [6.07, 6.45) is 6.26. The van der Waals surface area contributed by atoms with Gasteiger partial charge in [-0.2, -0.15) is 0 Å². The summed E-state index contributed by atoms with van der Waals surface area (Å²) in [5.74, 6) is 0.179. The average molecular weight is 425 g/mol. The molecule has 0 radical (unpaired) electrons. The predicted octanol–water partition coefficient (Wildman–Crippen LogP) is 1.97. The summed E-state index contributed by atoms with van der Waals surface area (Å²) in [6, 6.07) is 10.8. The lowest BCUT2D eigenvalue weighted by Gasteiger charge is -2.31. The SMILES string of the molecule is COc1cccc(CNC(=O)C(=O)NCC2CCN(C(=O)C=Cc3ccco3)CC2)c1. The van der Waals surface area contributed by atoms with E-state index in [4.69, 9.17) is 9.15 Å². The molecule has 1 aliphatic heterocycles. The van der Waals surface area contributed by atoms with Gasteiger partial charge in [-0.15, -0.1) is 0 Å². The number of benzene rings is 1. The van der Waals surface area contributed by atoms with Crippen molar-refractivity contribution in [2.24, 2.45) is 5.92 Å². The molecule has 0 saturated carbocycles. The molecule has 0 spiro atoms. The average Bonchev–Trinajstić information content (AvgIpc) is 3.33. The summed E-state index contributed by atoms with van der Waals surface area (Å²) in [7, 11) is 1.57. The number of carbonyl (C=O) groups excluding carboxylic acids is 3. The zero-order chi connectivity index (χ0) is 22.1. The van der Waals surface area contributed by atoms with E-state index in [1.165, 1.54) is 6.08 Å². The minimum Gasteiger partial charge on any atom is -0.497 e. The lowest BCUT2D eigenvalue weighted by atomic mass is 9.96. The van der Waals surface area contributed by atoms with Crippen LogP contribution in [-0.4, -0.2) is 49.4 Å². The van der Waals surface area contributed by atoms with Crippen molar-refractivity contribution < 1.29 is 23.5 Å². The second-order valence-corrected chi connectivity index (χ2v) is 7.36. The summed E-state index contributed by atoms with van der Waals surface area (Å²) in [5, 5.41) is 5.30. The van der Waals surface area contributed by atoms with E-state index in [0.717, 1.165) is 18.4 Å². The molecule has 1 fully saturated rings. The Morgan fingerprint density at radius 1 is 1.13 bits per heavy atom. The number of furan rings is 1. The van der Waals surface area contributed by atoms with Crippen molar-refractivity contribution in [3.8, 4) is 5.75 Å². The van der Waals surface area contributed by atoms with Crippen LogP contribution in [-0.2, 0) is 20.9 Å². The number of rotatable bonds is 7. The maximum Gasteiger partial charge on any atom is 0.309 e. The Morgan fingerprint density at radius 3 is 2.61 bits per heavy atom. The van der Waals surface area contributed by atoms with Crippen molar-refractivity contribution in [1.29, 1.82) is 0 Å². The number of amides is 3. The Labute approximate surface area is 181 Å². The first-order valence-electron chi connectivity index (χ1n) is 10.2. The first-order valence-corrected chi connectivity index (χ1v) is 10.2. The van der Waals surface area contributed by atoms with Gasteiger partial charge in [-0.1, -0.05) is 12.1 Å². The zero-order valence-corrected chi connectivity index (χ0v) is 17.5. The second-order valence-electron chi connectivity index (χ2n) is 7.36. The van der Waals surface area contributed by atoms with Crippen LogP contribution in [0.25, 0.3) is 6.08 Å². The quantitative estimate of drug-likeness (QED) is 0.522. The summed E-state index contributed by atoms with van der Waals surface area (Å²) in [5.41, 5.74) is 0.846. The molecule has 1 saturated heterocycles. The third-order valence-electron chi connectivity index (χ3n) is 5.20. The number of hydrogen-bond acceptors (Lipinski definition) is 5. The Balaban J connectivity index is 1.35. The largest absolute Gasteiger partial charge is 0.497 e. The van der Waals surface area contributed by atoms with Gasteiger partial charge in [0.2, 0.25) is 5.91 Å². The fraction of sp³-hybridized carbons (Fsp3) is 0.348. The summed E-state index contributed by atoms with van der Waals surface area (Å²) in [4.78, 5) is 38.1. The van der Waals surface area contributed by atoms with Crippen molar-refractivity contribution in [3.05, 3.63) is 60.1 Å². The van der Waals surface area contributed by atoms with E-state index in [2.05, 4.69) is 10.6 Å². The molecule has 8 heteroatoms. The number of piperidine rings is 1. The molecule has 2 heterocycles. The maximum atomic E-state index is 12.3. The lowest BCUT2D eigenvalue weighted by molar-refractivity contribution is -0.139. The number of likely N-dealkylation sites (tertiary alicyclic amines) is 1. The standard InChI is InChI=1S/C23H27N3O5/c1-30-20-5-2-4-18(14-20)16-25-23(29)22(28)24-15-17-9-11-26(12-10-17)21(27)8-7-19-6-3-13-31-19/h2-8,13-14,17H,9-12,15-16H2,1H3,(H,24,28)(H,25,29). The Morgan fingerprint density at radius 2 is 1.90 bits per heavy atom. The third kappa shape index (κ3) is 6.74. The van der Waals surface area contributed by atoms with Gasteiger partial charge < -0.3 is 24.7 Å². The molecule has 0 bridgehead atoms. The van der Waals surface area contributed by atoms with Crippen molar-refractivity contribution in [2.45, 2.75) is 19.4 Å². The molecule has 0 aliphatic carbocycles. The number of methoxy groups -OCH3 is 1. The van der Waals surface area contributed by atoms with Crippen LogP contribution in [0.3, 0.4) is 0 Å². The fourth-order valence-corrected chi connectivity index (χ4v) is 3.36. The van der Waals surface area contributed by atoms with E-state index < -0.39 is 11.8 Å². The topological polar surface area (TPSA) is 101 Å². The minimum absolute atomic E-state index is 0.0594. The molecule has 0 unspecified atom stereocenters. The number of nitrogens with one attached hydrogen (secondary N) is 2. The predicted molar refractivity (Wildman–Crippen MR) is 115 cm³/mol. The maximum absolute atomic E-state index is 12.3. The van der Waals surface area contributed by atoms with Crippen molar-refractivity contribution in [3.63, 3.8) is 0 Å².